The second-order valence-electron chi connectivity index (χ2n) is 7.07. The standard InChI is InChI=1S/C20H23F3N2O2/c1-4-16(24-5-2)13-6-7-14(17-15(13)10-12(3)25-17)18(20(21,22)23)27-11-19(26)8-9-19/h4-7,18,26H,8-11H2,1-3H3/b16-4-,24-5-. The molecule has 3 rings (SSSR count). The summed E-state index contributed by atoms with van der Waals surface area (Å²) in [6, 6.07) is 3.07. The molecule has 7 heteroatoms. The van der Waals surface area contributed by atoms with Crippen molar-refractivity contribution >= 4 is 23.3 Å². The van der Waals surface area contributed by atoms with Gasteiger partial charge in [0.1, 0.15) is 0 Å². The number of ether oxygens (including phenoxy) is 1. The molecule has 1 aliphatic carbocycles. The molecule has 1 N–H and O–H groups in total. The Bertz CT molecular complexity index is 821. The van der Waals surface area contributed by atoms with Gasteiger partial charge in [0.2, 0.25) is 0 Å². The lowest BCUT2D eigenvalue weighted by Gasteiger charge is -2.24. The number of rotatable bonds is 6. The second-order valence-corrected chi connectivity index (χ2v) is 7.07. The van der Waals surface area contributed by atoms with E-state index in [0.717, 1.165) is 16.8 Å². The Morgan fingerprint density at radius 2 is 2.07 bits per heavy atom. The third-order valence-corrected chi connectivity index (χ3v) is 4.79. The fraction of sp³-hybridized carbons (Fsp3) is 0.500. The Morgan fingerprint density at radius 1 is 1.37 bits per heavy atom. The highest BCUT2D eigenvalue weighted by Crippen LogP contribution is 2.46. The van der Waals surface area contributed by atoms with Crippen LogP contribution in [0.2, 0.25) is 0 Å². The summed E-state index contributed by atoms with van der Waals surface area (Å²) in [6.07, 6.45) is -1.85. The second kappa shape index (κ2) is 7.20. The molecule has 0 aromatic heterocycles. The molecule has 1 aromatic rings. The van der Waals surface area contributed by atoms with Crippen LogP contribution in [-0.4, -0.2) is 35.4 Å². The molecule has 4 nitrogen and oxygen atoms in total. The number of halogens is 3. The average molecular weight is 380 g/mol. The van der Waals surface area contributed by atoms with Crippen molar-refractivity contribution in [3.05, 3.63) is 34.9 Å². The van der Waals surface area contributed by atoms with Crippen molar-refractivity contribution in [3.8, 4) is 0 Å². The lowest BCUT2D eigenvalue weighted by atomic mass is 9.94. The molecule has 2 aliphatic rings. The molecular weight excluding hydrogens is 357 g/mol. The highest BCUT2D eigenvalue weighted by Gasteiger charge is 2.48. The molecule has 1 aromatic carbocycles. The van der Waals surface area contributed by atoms with Crippen LogP contribution in [0.3, 0.4) is 0 Å². The van der Waals surface area contributed by atoms with E-state index in [1.54, 1.807) is 26.1 Å². The number of hydrogen-bond acceptors (Lipinski definition) is 4. The van der Waals surface area contributed by atoms with Crippen molar-refractivity contribution < 1.29 is 23.0 Å². The predicted molar refractivity (Wildman–Crippen MR) is 99.7 cm³/mol. The molecule has 1 heterocycles. The summed E-state index contributed by atoms with van der Waals surface area (Å²) in [4.78, 5) is 8.69. The summed E-state index contributed by atoms with van der Waals surface area (Å²) in [5, 5.41) is 9.89. The van der Waals surface area contributed by atoms with Crippen molar-refractivity contribution in [1.29, 1.82) is 0 Å². The van der Waals surface area contributed by atoms with Crippen molar-refractivity contribution in [1.82, 2.24) is 0 Å². The van der Waals surface area contributed by atoms with Gasteiger partial charge in [-0.15, -0.1) is 0 Å². The zero-order chi connectivity index (χ0) is 19.8. The molecule has 146 valence electrons. The van der Waals surface area contributed by atoms with Gasteiger partial charge >= 0.3 is 6.18 Å². The average Bonchev–Trinajstić information content (AvgIpc) is 3.18. The van der Waals surface area contributed by atoms with E-state index >= 15 is 0 Å². The third kappa shape index (κ3) is 4.14. The van der Waals surface area contributed by atoms with Crippen LogP contribution < -0.4 is 0 Å². The molecule has 0 saturated heterocycles. The zero-order valence-corrected chi connectivity index (χ0v) is 15.6. The van der Waals surface area contributed by atoms with Gasteiger partial charge in [-0.2, -0.15) is 13.2 Å². The van der Waals surface area contributed by atoms with E-state index < -0.39 is 17.9 Å². The molecular formula is C20H23F3N2O2. The quantitative estimate of drug-likeness (QED) is 0.712. The molecule has 27 heavy (non-hydrogen) atoms. The lowest BCUT2D eigenvalue weighted by molar-refractivity contribution is -0.230. The maximum atomic E-state index is 13.7. The zero-order valence-electron chi connectivity index (χ0n) is 15.6. The molecule has 1 aliphatic heterocycles. The van der Waals surface area contributed by atoms with Crippen LogP contribution in [-0.2, 0) is 11.2 Å². The summed E-state index contributed by atoms with van der Waals surface area (Å²) < 4.78 is 46.3. The Morgan fingerprint density at radius 3 is 2.63 bits per heavy atom. The minimum Gasteiger partial charge on any atom is -0.387 e. The minimum absolute atomic E-state index is 0.0155. The van der Waals surface area contributed by atoms with Crippen LogP contribution in [0, 0.1) is 0 Å². The molecule has 1 atom stereocenters. The molecule has 0 radical (unpaired) electrons. The van der Waals surface area contributed by atoms with Gasteiger partial charge in [0.15, 0.2) is 6.10 Å². The van der Waals surface area contributed by atoms with E-state index in [4.69, 9.17) is 4.74 Å². The monoisotopic (exact) mass is 380 g/mol. The molecule has 1 unspecified atom stereocenters. The van der Waals surface area contributed by atoms with Crippen LogP contribution in [0.15, 0.2) is 28.2 Å². The van der Waals surface area contributed by atoms with Crippen molar-refractivity contribution in [3.63, 3.8) is 0 Å². The van der Waals surface area contributed by atoms with Crippen LogP contribution in [0.1, 0.15) is 56.4 Å². The summed E-state index contributed by atoms with van der Waals surface area (Å²) >= 11 is 0. The number of hydrogen-bond donors (Lipinski definition) is 1. The first-order chi connectivity index (χ1) is 12.7. The number of aliphatic imine (C=N–C) groups is 2. The van der Waals surface area contributed by atoms with Gasteiger partial charge in [-0.3, -0.25) is 9.98 Å². The summed E-state index contributed by atoms with van der Waals surface area (Å²) in [5.41, 5.74) is 2.11. The smallest absolute Gasteiger partial charge is 0.387 e. The van der Waals surface area contributed by atoms with Gasteiger partial charge in [-0.05, 0) is 39.2 Å². The van der Waals surface area contributed by atoms with Gasteiger partial charge in [0.25, 0.3) is 0 Å². The van der Waals surface area contributed by atoms with Crippen LogP contribution in [0.5, 0.6) is 0 Å². The topological polar surface area (TPSA) is 54.2 Å². The SMILES string of the molecule is C/C=N\C(=C/C)c1ccc(C(OCC2(O)CC2)C(F)(F)F)c2c1CC(C)=N2. The van der Waals surface area contributed by atoms with Gasteiger partial charge in [-0.25, -0.2) is 0 Å². The molecule has 0 bridgehead atoms. The van der Waals surface area contributed by atoms with E-state index in [9.17, 15) is 18.3 Å². The van der Waals surface area contributed by atoms with E-state index in [2.05, 4.69) is 9.98 Å². The maximum Gasteiger partial charge on any atom is 0.418 e. The van der Waals surface area contributed by atoms with E-state index in [-0.39, 0.29) is 12.2 Å². The first kappa shape index (κ1) is 19.8. The first-order valence-electron chi connectivity index (χ1n) is 8.94. The maximum absolute atomic E-state index is 13.7. The van der Waals surface area contributed by atoms with Gasteiger partial charge in [-0.1, -0.05) is 18.2 Å². The van der Waals surface area contributed by atoms with Crippen molar-refractivity contribution in [2.75, 3.05) is 6.61 Å². The largest absolute Gasteiger partial charge is 0.418 e. The number of allylic oxidation sites excluding steroid dienone is 1. The molecule has 0 amide bonds. The Balaban J connectivity index is 2.05. The van der Waals surface area contributed by atoms with Gasteiger partial charge < -0.3 is 9.84 Å². The van der Waals surface area contributed by atoms with E-state index in [0.29, 0.717) is 30.6 Å². The van der Waals surface area contributed by atoms with Crippen LogP contribution >= 0.6 is 0 Å². The number of aliphatic hydroxyl groups is 1. The fourth-order valence-electron chi connectivity index (χ4n) is 3.23. The number of fused-ring (bicyclic) bond motifs is 1. The molecule has 1 saturated carbocycles. The first-order valence-corrected chi connectivity index (χ1v) is 8.94. The summed E-state index contributed by atoms with van der Waals surface area (Å²) in [6.45, 7) is 5.08. The van der Waals surface area contributed by atoms with E-state index in [1.165, 1.54) is 6.07 Å². The Kier molecular flexibility index (Phi) is 5.27. The number of alkyl halides is 3. The number of nitrogens with zero attached hydrogens (tertiary/aromatic N) is 2. The minimum atomic E-state index is -4.60. The highest BCUT2D eigenvalue weighted by atomic mass is 19.4. The summed E-state index contributed by atoms with van der Waals surface area (Å²) in [5.74, 6) is 0. The normalized spacial score (nSPS) is 20.0. The fourth-order valence-corrected chi connectivity index (χ4v) is 3.23. The Labute approximate surface area is 156 Å². The molecule has 1 fully saturated rings. The summed E-state index contributed by atoms with van der Waals surface area (Å²) in [7, 11) is 0. The third-order valence-electron chi connectivity index (χ3n) is 4.79. The van der Waals surface area contributed by atoms with E-state index in [1.807, 2.05) is 13.0 Å². The Hall–Kier alpha value is -1.99. The van der Waals surface area contributed by atoms with Crippen LogP contribution in [0.25, 0.3) is 5.70 Å². The number of benzene rings is 1. The molecule has 0 spiro atoms. The van der Waals surface area contributed by atoms with Gasteiger partial charge in [0.05, 0.1) is 23.6 Å². The highest BCUT2D eigenvalue weighted by molar-refractivity contribution is 5.95. The van der Waals surface area contributed by atoms with Crippen molar-refractivity contribution in [2.24, 2.45) is 9.98 Å². The van der Waals surface area contributed by atoms with Gasteiger partial charge in [0, 0.05) is 29.5 Å². The van der Waals surface area contributed by atoms with Crippen LogP contribution in [0.4, 0.5) is 18.9 Å². The lowest BCUT2D eigenvalue weighted by Crippen LogP contribution is -2.28. The van der Waals surface area contributed by atoms with Crippen molar-refractivity contribution in [2.45, 2.75) is 57.9 Å². The predicted octanol–water partition coefficient (Wildman–Crippen LogP) is 4.93.